The summed E-state index contributed by atoms with van der Waals surface area (Å²) in [6.45, 7) is 1.95. The molecule has 1 aliphatic carbocycles. The van der Waals surface area contributed by atoms with Crippen LogP contribution in [0.3, 0.4) is 0 Å². The Labute approximate surface area is 194 Å². The highest BCUT2D eigenvalue weighted by atomic mass is 19.1. The number of carbonyl (C=O) groups is 2. The third-order valence-corrected chi connectivity index (χ3v) is 6.58. The molecule has 34 heavy (non-hydrogen) atoms. The van der Waals surface area contributed by atoms with E-state index in [0.29, 0.717) is 35.8 Å². The quantitative estimate of drug-likeness (QED) is 0.538. The summed E-state index contributed by atoms with van der Waals surface area (Å²) < 4.78 is 25.7. The van der Waals surface area contributed by atoms with Crippen molar-refractivity contribution in [3.05, 3.63) is 71.7 Å². The van der Waals surface area contributed by atoms with Crippen LogP contribution in [0.2, 0.25) is 0 Å². The highest BCUT2D eigenvalue weighted by Gasteiger charge is 2.70. The van der Waals surface area contributed by atoms with Crippen molar-refractivity contribution in [2.45, 2.75) is 37.3 Å². The number of rotatable bonds is 4. The lowest BCUT2D eigenvalue weighted by Crippen LogP contribution is -2.36. The first kappa shape index (κ1) is 20.5. The minimum absolute atomic E-state index is 0.0325. The van der Waals surface area contributed by atoms with Gasteiger partial charge in [-0.15, -0.1) is 0 Å². The van der Waals surface area contributed by atoms with Crippen molar-refractivity contribution in [1.82, 2.24) is 10.3 Å². The van der Waals surface area contributed by atoms with E-state index in [1.807, 2.05) is 25.1 Å². The molecule has 0 bridgehead atoms. The molecular formula is C25H21FN4O4. The lowest BCUT2D eigenvalue weighted by Gasteiger charge is -2.19. The number of halogens is 1. The summed E-state index contributed by atoms with van der Waals surface area (Å²) in [6.07, 6.45) is 2.55. The van der Waals surface area contributed by atoms with Gasteiger partial charge in [-0.3, -0.25) is 4.79 Å². The van der Waals surface area contributed by atoms with Crippen LogP contribution in [0.5, 0.6) is 17.2 Å². The van der Waals surface area contributed by atoms with Crippen molar-refractivity contribution in [3.8, 4) is 17.2 Å². The Kier molecular flexibility index (Phi) is 4.48. The molecule has 3 N–H and O–H groups in total. The number of ether oxygens (including phenoxy) is 2. The Morgan fingerprint density at radius 3 is 2.97 bits per heavy atom. The average molecular weight is 460 g/mol. The Morgan fingerprint density at radius 2 is 2.12 bits per heavy atom. The fraction of sp³-hybridized carbons (Fsp3) is 0.240. The molecule has 1 saturated carbocycles. The van der Waals surface area contributed by atoms with Crippen molar-refractivity contribution >= 4 is 23.4 Å². The molecule has 1 fully saturated rings. The maximum Gasteiger partial charge on any atom is 0.319 e. The van der Waals surface area contributed by atoms with Gasteiger partial charge in [-0.05, 0) is 55.8 Å². The summed E-state index contributed by atoms with van der Waals surface area (Å²) in [5.41, 5.74) is 1.64. The van der Waals surface area contributed by atoms with Gasteiger partial charge in [-0.1, -0.05) is 6.07 Å². The Balaban J connectivity index is 1.18. The van der Waals surface area contributed by atoms with E-state index in [4.69, 9.17) is 9.47 Å². The number of anilines is 2. The highest BCUT2D eigenvalue weighted by molar-refractivity contribution is 5.93. The van der Waals surface area contributed by atoms with Crippen molar-refractivity contribution in [3.63, 3.8) is 0 Å². The van der Waals surface area contributed by atoms with E-state index in [9.17, 15) is 14.0 Å². The van der Waals surface area contributed by atoms with Crippen molar-refractivity contribution in [2.75, 3.05) is 10.6 Å². The monoisotopic (exact) mass is 460 g/mol. The summed E-state index contributed by atoms with van der Waals surface area (Å²) in [4.78, 5) is 28.4. The highest BCUT2D eigenvalue weighted by Crippen LogP contribution is 2.62. The molecule has 172 valence electrons. The Bertz CT molecular complexity index is 1350. The molecular weight excluding hydrogens is 439 g/mol. The van der Waals surface area contributed by atoms with Crippen molar-refractivity contribution in [2.24, 2.45) is 0 Å². The van der Waals surface area contributed by atoms with Gasteiger partial charge in [0.05, 0.1) is 12.0 Å². The number of aromatic nitrogens is 1. The first-order valence-corrected chi connectivity index (χ1v) is 11.0. The average Bonchev–Trinajstić information content (AvgIpc) is 3.22. The zero-order chi connectivity index (χ0) is 23.4. The molecule has 6 rings (SSSR count). The maximum atomic E-state index is 13.4. The first-order chi connectivity index (χ1) is 16.4. The first-order valence-electron chi connectivity index (χ1n) is 11.0. The number of nitrogens with zero attached hydrogens (tertiary/aromatic N) is 1. The number of pyridine rings is 1. The molecule has 9 heteroatoms. The standard InChI is InChI=1S/C25H21FN4O4/c1-25-21(22(25)30-24(32)28-14-4-2-3-13(26)11-14)17-12-15(5-7-19(17)34-25)33-18-9-10-27-23-16(18)6-8-20(31)29-23/h2-5,7,9-12,21-22H,6,8H2,1H3,(H,27,29,31)(H2,28,30,32)/t21-,22-,25?/m0/s1. The van der Waals surface area contributed by atoms with E-state index in [-0.39, 0.29) is 17.9 Å². The van der Waals surface area contributed by atoms with Crippen LogP contribution in [-0.2, 0) is 11.2 Å². The van der Waals surface area contributed by atoms with Crippen LogP contribution in [0.25, 0.3) is 0 Å². The molecule has 3 heterocycles. The lowest BCUT2D eigenvalue weighted by molar-refractivity contribution is -0.116. The third-order valence-electron chi connectivity index (χ3n) is 6.58. The number of carbonyl (C=O) groups excluding carboxylic acids is 2. The fourth-order valence-corrected chi connectivity index (χ4v) is 4.85. The van der Waals surface area contributed by atoms with Gasteiger partial charge in [0.25, 0.3) is 0 Å². The predicted octanol–water partition coefficient (Wildman–Crippen LogP) is 4.34. The summed E-state index contributed by atoms with van der Waals surface area (Å²) >= 11 is 0. The van der Waals surface area contributed by atoms with Gasteiger partial charge >= 0.3 is 6.03 Å². The predicted molar refractivity (Wildman–Crippen MR) is 122 cm³/mol. The second-order valence-electron chi connectivity index (χ2n) is 8.84. The van der Waals surface area contributed by atoms with Gasteiger partial charge < -0.3 is 25.4 Å². The molecule has 1 aromatic heterocycles. The lowest BCUT2D eigenvalue weighted by atomic mass is 10.1. The maximum absolute atomic E-state index is 13.4. The Hall–Kier alpha value is -4.14. The minimum atomic E-state index is -0.555. The van der Waals surface area contributed by atoms with Crippen molar-refractivity contribution in [1.29, 1.82) is 0 Å². The molecule has 0 saturated heterocycles. The number of hydrogen-bond acceptors (Lipinski definition) is 5. The van der Waals surface area contributed by atoms with Gasteiger partial charge in [0.15, 0.2) is 0 Å². The summed E-state index contributed by atoms with van der Waals surface area (Å²) in [6, 6.07) is 12.5. The zero-order valence-corrected chi connectivity index (χ0v) is 18.2. The molecule has 0 radical (unpaired) electrons. The molecule has 0 spiro atoms. The van der Waals surface area contributed by atoms with E-state index >= 15 is 0 Å². The molecule has 2 aliphatic heterocycles. The molecule has 8 nitrogen and oxygen atoms in total. The van der Waals surface area contributed by atoms with Crippen LogP contribution in [0.15, 0.2) is 54.7 Å². The van der Waals surface area contributed by atoms with Gasteiger partial charge in [0, 0.05) is 29.4 Å². The number of benzene rings is 2. The van der Waals surface area contributed by atoms with Crippen LogP contribution in [0, 0.1) is 5.82 Å². The van der Waals surface area contributed by atoms with E-state index in [0.717, 1.165) is 16.9 Å². The zero-order valence-electron chi connectivity index (χ0n) is 18.2. The van der Waals surface area contributed by atoms with E-state index < -0.39 is 17.4 Å². The van der Waals surface area contributed by atoms with Gasteiger partial charge in [0.2, 0.25) is 5.91 Å². The van der Waals surface area contributed by atoms with E-state index in [1.54, 1.807) is 18.3 Å². The van der Waals surface area contributed by atoms with Crippen LogP contribution in [0.4, 0.5) is 20.7 Å². The molecule has 3 atom stereocenters. The smallest absolute Gasteiger partial charge is 0.319 e. The van der Waals surface area contributed by atoms with E-state index in [1.165, 1.54) is 18.2 Å². The third kappa shape index (κ3) is 3.40. The SMILES string of the molecule is CC12Oc3ccc(Oc4ccnc5c4CCC(=O)N5)cc3[C@H]1[C@@H]2NC(=O)Nc1cccc(F)c1. The second-order valence-corrected chi connectivity index (χ2v) is 8.84. The number of nitrogens with one attached hydrogen (secondary N) is 3. The molecule has 3 amide bonds. The van der Waals surface area contributed by atoms with Gasteiger partial charge in [-0.25, -0.2) is 14.2 Å². The molecule has 1 unspecified atom stereocenters. The van der Waals surface area contributed by atoms with Gasteiger partial charge in [-0.2, -0.15) is 0 Å². The number of amides is 3. The van der Waals surface area contributed by atoms with Crippen LogP contribution < -0.4 is 25.4 Å². The molecule has 3 aromatic rings. The van der Waals surface area contributed by atoms with Crippen LogP contribution in [-0.4, -0.2) is 28.6 Å². The second kappa shape index (κ2) is 7.44. The fourth-order valence-electron chi connectivity index (χ4n) is 4.85. The molecule has 3 aliphatic rings. The number of hydrogen-bond donors (Lipinski definition) is 3. The van der Waals surface area contributed by atoms with Crippen LogP contribution in [0.1, 0.15) is 30.4 Å². The number of fused-ring (bicyclic) bond motifs is 4. The summed E-state index contributed by atoms with van der Waals surface area (Å²) in [7, 11) is 0. The minimum Gasteiger partial charge on any atom is -0.484 e. The van der Waals surface area contributed by atoms with Crippen LogP contribution >= 0.6 is 0 Å². The summed E-state index contributed by atoms with van der Waals surface area (Å²) in [5.74, 6) is 2.05. The largest absolute Gasteiger partial charge is 0.484 e. The Morgan fingerprint density at radius 1 is 1.24 bits per heavy atom. The van der Waals surface area contributed by atoms with Crippen molar-refractivity contribution < 1.29 is 23.5 Å². The van der Waals surface area contributed by atoms with Gasteiger partial charge in [0.1, 0.15) is 34.5 Å². The summed E-state index contributed by atoms with van der Waals surface area (Å²) in [5, 5.41) is 8.36. The normalized spacial score (nSPS) is 23.5. The van der Waals surface area contributed by atoms with E-state index in [2.05, 4.69) is 20.9 Å². The molecule has 2 aromatic carbocycles. The number of urea groups is 1. The topological polar surface area (TPSA) is 102 Å².